The van der Waals surface area contributed by atoms with Crippen molar-refractivity contribution in [2.75, 3.05) is 32.8 Å². The van der Waals surface area contributed by atoms with Crippen molar-refractivity contribution in [3.63, 3.8) is 0 Å². The number of nitrogens with zero attached hydrogens (tertiary/aromatic N) is 1. The highest BCUT2D eigenvalue weighted by Crippen LogP contribution is 2.26. The molecule has 66 valence electrons. The minimum atomic E-state index is 0.0677. The Labute approximate surface area is 74.9 Å². The first kappa shape index (κ1) is 8.54. The van der Waals surface area contributed by atoms with Gasteiger partial charge in [0.2, 0.25) is 0 Å². The Morgan fingerprint density at radius 1 is 1.33 bits per heavy atom. The first-order chi connectivity index (χ1) is 5.81. The van der Waals surface area contributed by atoms with E-state index in [1.807, 2.05) is 4.81 Å². The molecule has 0 aromatic heterocycles. The molecule has 2 radical (unpaired) electrons. The van der Waals surface area contributed by atoms with Crippen LogP contribution in [-0.4, -0.2) is 51.2 Å². The lowest BCUT2D eigenvalue weighted by molar-refractivity contribution is -0.105. The highest BCUT2D eigenvalue weighted by molar-refractivity contribution is 6.04. The molecule has 1 N–H and O–H groups in total. The smallest absolute Gasteiger partial charge is 0.182 e. The molecular formula is C8H15BN2O. The minimum absolute atomic E-state index is 0.0677. The van der Waals surface area contributed by atoms with Crippen molar-refractivity contribution in [3.8, 4) is 0 Å². The monoisotopic (exact) mass is 166 g/mol. The Morgan fingerprint density at radius 2 is 2.08 bits per heavy atom. The Morgan fingerprint density at radius 3 is 2.75 bits per heavy atom. The van der Waals surface area contributed by atoms with E-state index < -0.39 is 0 Å². The van der Waals surface area contributed by atoms with Gasteiger partial charge in [0.25, 0.3) is 0 Å². The fraction of sp³-hybridized carbons (Fsp3) is 1.00. The lowest BCUT2D eigenvalue weighted by atomic mass is 9.89. The molecule has 3 nitrogen and oxygen atoms in total. The molecule has 0 aromatic rings. The first-order valence-electron chi connectivity index (χ1n) is 4.65. The van der Waals surface area contributed by atoms with Crippen LogP contribution < -0.4 is 5.32 Å². The van der Waals surface area contributed by atoms with Crippen LogP contribution in [0.3, 0.4) is 0 Å². The molecule has 0 amide bonds. The molecule has 0 unspecified atom stereocenters. The summed E-state index contributed by atoms with van der Waals surface area (Å²) in [5, 5.41) is 3.33. The summed E-state index contributed by atoms with van der Waals surface area (Å²) in [4.78, 5) is 1.88. The fourth-order valence-corrected chi connectivity index (χ4v) is 2.06. The third kappa shape index (κ3) is 1.65. The zero-order chi connectivity index (χ0) is 8.44. The number of morpholine rings is 1. The topological polar surface area (TPSA) is 24.5 Å². The van der Waals surface area contributed by atoms with E-state index in [0.29, 0.717) is 0 Å². The standard InChI is InChI=1S/C8H15BN2O/c9-11-5-6-12-8(7-11)1-3-10-4-2-8/h10H,1-7H2. The van der Waals surface area contributed by atoms with E-state index in [0.717, 1.165) is 45.6 Å². The van der Waals surface area contributed by atoms with Crippen molar-refractivity contribution < 1.29 is 4.74 Å². The van der Waals surface area contributed by atoms with Crippen LogP contribution in [0, 0.1) is 0 Å². The zero-order valence-corrected chi connectivity index (χ0v) is 7.38. The molecule has 1 spiro atoms. The SMILES string of the molecule is [B]N1CCOC2(CCNCC2)C1. The van der Waals surface area contributed by atoms with Gasteiger partial charge in [-0.05, 0) is 25.9 Å². The Kier molecular flexibility index (Phi) is 2.39. The predicted molar refractivity (Wildman–Crippen MR) is 48.1 cm³/mol. The highest BCUT2D eigenvalue weighted by atomic mass is 16.5. The summed E-state index contributed by atoms with van der Waals surface area (Å²) < 4.78 is 5.82. The van der Waals surface area contributed by atoms with E-state index >= 15 is 0 Å². The van der Waals surface area contributed by atoms with Crippen LogP contribution in [0.5, 0.6) is 0 Å². The number of nitrogens with one attached hydrogen (secondary N) is 1. The van der Waals surface area contributed by atoms with Gasteiger partial charge in [-0.1, -0.05) is 0 Å². The fourth-order valence-electron chi connectivity index (χ4n) is 2.06. The Bertz CT molecular complexity index is 154. The number of piperidine rings is 1. The van der Waals surface area contributed by atoms with Gasteiger partial charge in [0.05, 0.1) is 12.2 Å². The molecule has 2 fully saturated rings. The van der Waals surface area contributed by atoms with Gasteiger partial charge in [-0.25, -0.2) is 0 Å². The third-order valence-corrected chi connectivity index (χ3v) is 2.79. The number of ether oxygens (including phenoxy) is 1. The third-order valence-electron chi connectivity index (χ3n) is 2.79. The number of hydrogen-bond donors (Lipinski definition) is 1. The summed E-state index contributed by atoms with van der Waals surface area (Å²) in [6, 6.07) is 0. The van der Waals surface area contributed by atoms with Crippen molar-refractivity contribution in [1.29, 1.82) is 0 Å². The van der Waals surface area contributed by atoms with Gasteiger partial charge < -0.3 is 14.9 Å². The summed E-state index contributed by atoms with van der Waals surface area (Å²) in [6.45, 7) is 4.68. The normalized spacial score (nSPS) is 30.7. The van der Waals surface area contributed by atoms with Crippen molar-refractivity contribution in [3.05, 3.63) is 0 Å². The van der Waals surface area contributed by atoms with Crippen LogP contribution >= 0.6 is 0 Å². The molecule has 2 aliphatic heterocycles. The van der Waals surface area contributed by atoms with E-state index in [1.165, 1.54) is 0 Å². The van der Waals surface area contributed by atoms with Crippen LogP contribution in [0.15, 0.2) is 0 Å². The lowest BCUT2D eigenvalue weighted by Crippen LogP contribution is -2.55. The van der Waals surface area contributed by atoms with Gasteiger partial charge in [0, 0.05) is 13.1 Å². The van der Waals surface area contributed by atoms with Crippen molar-refractivity contribution >= 4 is 7.98 Å². The zero-order valence-electron chi connectivity index (χ0n) is 7.38. The van der Waals surface area contributed by atoms with Crippen LogP contribution in [-0.2, 0) is 4.74 Å². The lowest BCUT2D eigenvalue weighted by Gasteiger charge is -2.44. The average molecular weight is 166 g/mol. The van der Waals surface area contributed by atoms with Gasteiger partial charge in [0.15, 0.2) is 7.98 Å². The van der Waals surface area contributed by atoms with Crippen LogP contribution in [0.1, 0.15) is 12.8 Å². The van der Waals surface area contributed by atoms with Gasteiger partial charge in [-0.2, -0.15) is 0 Å². The summed E-state index contributed by atoms with van der Waals surface area (Å²) in [5.41, 5.74) is 0.0677. The summed E-state index contributed by atoms with van der Waals surface area (Å²) in [7, 11) is 5.77. The van der Waals surface area contributed by atoms with Crippen LogP contribution in [0.25, 0.3) is 0 Å². The molecule has 2 heterocycles. The molecule has 2 rings (SSSR count). The molecular weight excluding hydrogens is 151 g/mol. The quantitative estimate of drug-likeness (QED) is 0.492. The minimum Gasteiger partial charge on any atom is -0.372 e. The van der Waals surface area contributed by atoms with E-state index in [1.54, 1.807) is 0 Å². The summed E-state index contributed by atoms with van der Waals surface area (Å²) >= 11 is 0. The van der Waals surface area contributed by atoms with Gasteiger partial charge in [-0.15, -0.1) is 0 Å². The van der Waals surface area contributed by atoms with Crippen molar-refractivity contribution in [2.45, 2.75) is 18.4 Å². The maximum Gasteiger partial charge on any atom is 0.182 e. The van der Waals surface area contributed by atoms with Crippen LogP contribution in [0.2, 0.25) is 0 Å². The highest BCUT2D eigenvalue weighted by Gasteiger charge is 2.36. The molecule has 4 heteroatoms. The Hall–Kier alpha value is -0.0551. The van der Waals surface area contributed by atoms with E-state index in [2.05, 4.69) is 5.32 Å². The molecule has 12 heavy (non-hydrogen) atoms. The predicted octanol–water partition coefficient (Wildman–Crippen LogP) is -0.476. The van der Waals surface area contributed by atoms with Gasteiger partial charge in [0.1, 0.15) is 0 Å². The molecule has 2 saturated heterocycles. The second-order valence-corrected chi connectivity index (χ2v) is 3.75. The van der Waals surface area contributed by atoms with Crippen molar-refractivity contribution in [1.82, 2.24) is 10.1 Å². The summed E-state index contributed by atoms with van der Waals surface area (Å²) in [6.07, 6.45) is 2.20. The molecule has 0 atom stereocenters. The van der Waals surface area contributed by atoms with Gasteiger partial charge >= 0.3 is 0 Å². The van der Waals surface area contributed by atoms with Crippen LogP contribution in [0.4, 0.5) is 0 Å². The van der Waals surface area contributed by atoms with E-state index in [-0.39, 0.29) is 5.60 Å². The average Bonchev–Trinajstić information content (AvgIpc) is 2.05. The largest absolute Gasteiger partial charge is 0.372 e. The molecule has 2 aliphatic rings. The number of rotatable bonds is 0. The summed E-state index contributed by atoms with van der Waals surface area (Å²) in [5.74, 6) is 0. The second kappa shape index (κ2) is 3.36. The Balaban J connectivity index is 1.97. The number of hydrogen-bond acceptors (Lipinski definition) is 3. The molecule has 0 aromatic carbocycles. The molecule has 0 saturated carbocycles. The first-order valence-corrected chi connectivity index (χ1v) is 4.65. The van der Waals surface area contributed by atoms with Crippen molar-refractivity contribution in [2.24, 2.45) is 0 Å². The molecule has 0 bridgehead atoms. The molecule has 0 aliphatic carbocycles. The van der Waals surface area contributed by atoms with E-state index in [4.69, 9.17) is 12.7 Å². The maximum absolute atomic E-state index is 5.82. The second-order valence-electron chi connectivity index (χ2n) is 3.75. The maximum atomic E-state index is 5.82. The van der Waals surface area contributed by atoms with Gasteiger partial charge in [-0.3, -0.25) is 0 Å². The van der Waals surface area contributed by atoms with E-state index in [9.17, 15) is 0 Å².